The molecule has 8 atom stereocenters. The highest BCUT2D eigenvalue weighted by molar-refractivity contribution is 5.92. The van der Waals surface area contributed by atoms with E-state index in [4.69, 9.17) is 42.6 Å². The lowest BCUT2D eigenvalue weighted by Gasteiger charge is -2.33. The molecule has 2 saturated heterocycles. The lowest BCUT2D eigenvalue weighted by atomic mass is 9.90. The Morgan fingerprint density at radius 2 is 0.728 bits per heavy atom. The van der Waals surface area contributed by atoms with Gasteiger partial charge in [0.2, 0.25) is 0 Å². The van der Waals surface area contributed by atoms with E-state index in [1.807, 2.05) is 134 Å². The van der Waals surface area contributed by atoms with Crippen LogP contribution in [0.4, 0.5) is 9.59 Å². The Kier molecular flexibility index (Phi) is 35.1. The molecule has 2 fully saturated rings. The summed E-state index contributed by atoms with van der Waals surface area (Å²) in [7, 11) is 5.80. The number of ether oxygens (including phenoxy) is 9. The maximum atomic E-state index is 14.5. The van der Waals surface area contributed by atoms with E-state index < -0.39 is 120 Å². The molecule has 0 spiro atoms. The number of rotatable bonds is 32. The predicted molar refractivity (Wildman–Crippen MR) is 387 cm³/mol. The molecule has 4 amide bonds. The predicted octanol–water partition coefficient (Wildman–Crippen LogP) is 12.1. The lowest BCUT2D eigenvalue weighted by molar-refractivity contribution is -0.174. The van der Waals surface area contributed by atoms with Gasteiger partial charge in [-0.2, -0.15) is 0 Å². The zero-order chi connectivity index (χ0) is 77.2. The third-order valence-electron chi connectivity index (χ3n) is 17.5. The number of likely N-dealkylation sites (N-methyl/N-ethyl adjacent to an activating group) is 4. The number of hydrogen-bond acceptors (Lipinski definition) is 19. The fourth-order valence-electron chi connectivity index (χ4n) is 11.7. The van der Waals surface area contributed by atoms with Crippen LogP contribution >= 0.6 is 0 Å². The summed E-state index contributed by atoms with van der Waals surface area (Å²) in [5.41, 5.74) is 2.98. The average Bonchev–Trinajstić information content (AvgIpc) is 0.826. The molecule has 3 aromatic carbocycles. The van der Waals surface area contributed by atoms with E-state index in [0.29, 0.717) is 38.3 Å². The quantitative estimate of drug-likeness (QED) is 0.0449. The molecule has 0 aliphatic carbocycles. The molecular weight excluding hydrogens is 1320 g/mol. The van der Waals surface area contributed by atoms with E-state index in [-0.39, 0.29) is 68.8 Å². The highest BCUT2D eigenvalue weighted by Gasteiger charge is 2.42. The average molecular weight is 1440 g/mol. The van der Waals surface area contributed by atoms with Gasteiger partial charge in [0.25, 0.3) is 11.8 Å². The first-order chi connectivity index (χ1) is 48.2. The van der Waals surface area contributed by atoms with Crippen LogP contribution in [0.5, 0.6) is 0 Å². The summed E-state index contributed by atoms with van der Waals surface area (Å²) in [6.45, 7) is 31.0. The molecule has 0 saturated carbocycles. The van der Waals surface area contributed by atoms with Gasteiger partial charge >= 0.3 is 48.0 Å². The molecule has 0 radical (unpaired) electrons. The molecule has 0 bridgehead atoms. The van der Waals surface area contributed by atoms with E-state index in [1.165, 1.54) is 61.6 Å². The molecular formula is C79H118N4O20. The minimum atomic E-state index is -1.42. The summed E-state index contributed by atoms with van der Waals surface area (Å²) in [6.07, 6.45) is -2.19. The number of carboxylic acid groups (broad SMARTS) is 1. The third-order valence-corrected chi connectivity index (χ3v) is 17.5. The molecule has 5 rings (SSSR count). The SMILES string of the molecule is CC(C)C[C@@H](C(=O)O[C@H](Cc1ccc(C2CCOCC2)cc1)C(=O)N(C)[C@@H](CC(C)C)C(=O)O[C@H](C)C(=O)O)N(C)C(=O)OC(C)(C)C.CC(C)C[C@@H](C(=O)O[C@H](Cc1ccc(C2CCOCC2)cc1)C(=O)N(C)[C@@H](CC(C)C)C(=O)O[C@H](C)C(=O)OCc1ccccc1)N(C)C(=O)OC(C)(C)C. The summed E-state index contributed by atoms with van der Waals surface area (Å²) < 4.78 is 50.2. The number of nitrogens with zero attached hydrogens (tertiary/aromatic N) is 4. The Morgan fingerprint density at radius 3 is 1.04 bits per heavy atom. The van der Waals surface area contributed by atoms with Crippen molar-refractivity contribution in [2.75, 3.05) is 54.6 Å². The van der Waals surface area contributed by atoms with Crippen molar-refractivity contribution >= 4 is 59.8 Å². The second-order valence-corrected chi connectivity index (χ2v) is 30.8. The van der Waals surface area contributed by atoms with Crippen molar-refractivity contribution in [3.63, 3.8) is 0 Å². The third kappa shape index (κ3) is 29.9. The Morgan fingerprint density at radius 1 is 0.417 bits per heavy atom. The molecule has 3 aromatic rings. The Balaban J connectivity index is 0.000000441. The highest BCUT2D eigenvalue weighted by atomic mass is 16.6. The van der Waals surface area contributed by atoms with Crippen LogP contribution in [-0.2, 0) is 100 Å². The maximum absolute atomic E-state index is 14.5. The standard InChI is InChI=1S/C43H62N2O10.C36H56N2O10/c1-28(2)24-35(40(48)53-30(5)39(47)52-27-32-14-12-11-13-15-32)44(9)38(46)37(26-31-16-18-33(19-17-31)34-20-22-51-23-21-34)54-41(49)36(25-29(3)4)45(10)42(50)55-43(6,7)8;1-22(2)19-28(33(42)46-24(5)32(40)41)37(9)31(39)30(21-25-11-13-26(14-12-25)27-15-17-45-18-16-27)47-34(43)29(20-23(3)4)38(10)35(44)48-36(6,7)8/h11-19,28-30,34-37H,20-27H2,1-10H3;11-14,22-24,27-30H,15-21H2,1-10H3,(H,40,41)/t30-,35+,36+,37-;24-,28+,29+,30-/m11/s1. The van der Waals surface area contributed by atoms with Gasteiger partial charge in [0, 0.05) is 67.5 Å². The maximum Gasteiger partial charge on any atom is 0.410 e. The Labute approximate surface area is 610 Å². The van der Waals surface area contributed by atoms with Crippen LogP contribution < -0.4 is 0 Å². The smallest absolute Gasteiger partial charge is 0.410 e. The number of carbonyl (C=O) groups is 10. The second kappa shape index (κ2) is 41.4. The summed E-state index contributed by atoms with van der Waals surface area (Å²) in [6, 6.07) is 20.5. The topological polar surface area (TPSA) is 287 Å². The van der Waals surface area contributed by atoms with Crippen molar-refractivity contribution in [1.82, 2.24) is 19.6 Å². The molecule has 2 heterocycles. The van der Waals surface area contributed by atoms with Crippen LogP contribution in [0.15, 0.2) is 78.9 Å². The minimum Gasteiger partial charge on any atom is -0.479 e. The minimum absolute atomic E-state index is 0.00248. The van der Waals surface area contributed by atoms with Crippen LogP contribution in [-0.4, -0.2) is 199 Å². The zero-order valence-electron chi connectivity index (χ0n) is 64.7. The van der Waals surface area contributed by atoms with Crippen molar-refractivity contribution in [1.29, 1.82) is 0 Å². The van der Waals surface area contributed by atoms with Gasteiger partial charge in [0.1, 0.15) is 42.0 Å². The van der Waals surface area contributed by atoms with Crippen LogP contribution in [0.3, 0.4) is 0 Å². The van der Waals surface area contributed by atoms with Crippen LogP contribution in [0.2, 0.25) is 0 Å². The fraction of sp³-hybridized carbons (Fsp3) is 0.646. The molecule has 24 nitrogen and oxygen atoms in total. The van der Waals surface area contributed by atoms with Gasteiger partial charge in [0.15, 0.2) is 24.4 Å². The van der Waals surface area contributed by atoms with Gasteiger partial charge in [-0.3, -0.25) is 19.4 Å². The largest absolute Gasteiger partial charge is 0.479 e. The van der Waals surface area contributed by atoms with Gasteiger partial charge in [0.05, 0.1) is 0 Å². The lowest BCUT2D eigenvalue weighted by Crippen LogP contribution is -2.52. The first-order valence-electron chi connectivity index (χ1n) is 36.2. The number of carboxylic acids is 1. The first-order valence-corrected chi connectivity index (χ1v) is 36.2. The molecule has 2 aliphatic heterocycles. The molecule has 2 aliphatic rings. The highest BCUT2D eigenvalue weighted by Crippen LogP contribution is 2.31. The summed E-state index contributed by atoms with van der Waals surface area (Å²) in [4.78, 5) is 139. The molecule has 574 valence electrons. The molecule has 0 aromatic heterocycles. The normalized spacial score (nSPS) is 16.0. The monoisotopic (exact) mass is 1440 g/mol. The molecule has 1 N–H and O–H groups in total. The number of amides is 4. The number of aliphatic carboxylic acids is 1. The van der Waals surface area contributed by atoms with Crippen molar-refractivity contribution < 1.29 is 95.7 Å². The molecule has 24 heteroatoms. The van der Waals surface area contributed by atoms with Gasteiger partial charge < -0.3 is 57.5 Å². The number of esters is 5. The van der Waals surface area contributed by atoms with Gasteiger partial charge in [-0.15, -0.1) is 0 Å². The molecule has 103 heavy (non-hydrogen) atoms. The van der Waals surface area contributed by atoms with E-state index in [0.717, 1.165) is 53.5 Å². The first kappa shape index (κ1) is 87.3. The Hall–Kier alpha value is -8.12. The van der Waals surface area contributed by atoms with Crippen molar-refractivity contribution in [3.05, 3.63) is 107 Å². The van der Waals surface area contributed by atoms with Crippen LogP contribution in [0.1, 0.15) is 202 Å². The fourth-order valence-corrected chi connectivity index (χ4v) is 11.7. The van der Waals surface area contributed by atoms with Gasteiger partial charge in [-0.05, 0) is 170 Å². The molecule has 0 unspecified atom stereocenters. The van der Waals surface area contributed by atoms with E-state index in [9.17, 15) is 53.1 Å². The summed E-state index contributed by atoms with van der Waals surface area (Å²) >= 11 is 0. The van der Waals surface area contributed by atoms with Gasteiger partial charge in [-0.1, -0.05) is 134 Å². The van der Waals surface area contributed by atoms with Crippen LogP contribution in [0, 0.1) is 23.7 Å². The summed E-state index contributed by atoms with van der Waals surface area (Å²) in [5, 5.41) is 9.30. The van der Waals surface area contributed by atoms with Crippen LogP contribution in [0.25, 0.3) is 0 Å². The van der Waals surface area contributed by atoms with E-state index in [1.54, 1.807) is 41.5 Å². The van der Waals surface area contributed by atoms with Gasteiger partial charge in [-0.25, -0.2) is 38.4 Å². The van der Waals surface area contributed by atoms with E-state index >= 15 is 0 Å². The van der Waals surface area contributed by atoms with Crippen molar-refractivity contribution in [2.24, 2.45) is 23.7 Å². The Bertz CT molecular complexity index is 3200. The second-order valence-electron chi connectivity index (χ2n) is 30.8. The zero-order valence-corrected chi connectivity index (χ0v) is 64.7. The number of benzene rings is 3. The number of carbonyl (C=O) groups excluding carboxylic acids is 9. The van der Waals surface area contributed by atoms with Crippen molar-refractivity contribution in [3.8, 4) is 0 Å². The number of hydrogen-bond donors (Lipinski definition) is 1. The summed E-state index contributed by atoms with van der Waals surface area (Å²) in [5.74, 6) is -5.96. The van der Waals surface area contributed by atoms with Crippen molar-refractivity contribution in [2.45, 2.75) is 253 Å². The van der Waals surface area contributed by atoms with E-state index in [2.05, 4.69) is 0 Å².